The molecule has 96 valence electrons. The molecule has 0 spiro atoms. The molecule has 2 nitrogen and oxygen atoms in total. The Morgan fingerprint density at radius 1 is 1.12 bits per heavy atom. The average Bonchev–Trinajstić information content (AvgIpc) is 2.28. The molecular formula is C12H26O2SSi. The molecule has 0 atom stereocenters. The first-order valence-electron chi connectivity index (χ1n) is 6.45. The standard InChI is InChI=1S/C12H26O2SSi/c1-2-3-4-5-6-9-12(13)15-11-8-7-10-14-16/h2-11H2,1,16H3. The molecule has 0 heterocycles. The van der Waals surface area contributed by atoms with Gasteiger partial charge in [-0.2, -0.15) is 0 Å². The SMILES string of the molecule is CCCCCCCC(=O)SCCCCO[SiH3]. The van der Waals surface area contributed by atoms with Crippen molar-refractivity contribution in [2.75, 3.05) is 12.4 Å². The van der Waals surface area contributed by atoms with Crippen LogP contribution in [0.2, 0.25) is 0 Å². The second kappa shape index (κ2) is 13.3. The van der Waals surface area contributed by atoms with Gasteiger partial charge in [0.2, 0.25) is 0 Å². The van der Waals surface area contributed by atoms with Gasteiger partial charge < -0.3 is 4.43 Å². The molecule has 0 fully saturated rings. The first-order valence-corrected chi connectivity index (χ1v) is 8.26. The number of hydrogen-bond donors (Lipinski definition) is 0. The molecule has 0 aromatic heterocycles. The van der Waals surface area contributed by atoms with Crippen LogP contribution >= 0.6 is 11.8 Å². The lowest BCUT2D eigenvalue weighted by molar-refractivity contribution is -0.111. The van der Waals surface area contributed by atoms with E-state index in [4.69, 9.17) is 4.43 Å². The quantitative estimate of drug-likeness (QED) is 0.423. The van der Waals surface area contributed by atoms with E-state index in [1.807, 2.05) is 0 Å². The first kappa shape index (κ1) is 16.2. The molecule has 16 heavy (non-hydrogen) atoms. The molecule has 0 rings (SSSR count). The fraction of sp³-hybridized carbons (Fsp3) is 0.917. The molecule has 0 aromatic carbocycles. The number of unbranched alkanes of at least 4 members (excludes halogenated alkanes) is 5. The molecule has 0 radical (unpaired) electrons. The molecular weight excluding hydrogens is 236 g/mol. The van der Waals surface area contributed by atoms with Crippen molar-refractivity contribution in [1.29, 1.82) is 0 Å². The molecule has 0 aliphatic rings. The van der Waals surface area contributed by atoms with E-state index in [2.05, 4.69) is 6.92 Å². The molecule has 0 amide bonds. The van der Waals surface area contributed by atoms with Gasteiger partial charge in [-0.25, -0.2) is 0 Å². The van der Waals surface area contributed by atoms with Crippen molar-refractivity contribution in [3.8, 4) is 0 Å². The zero-order chi connectivity index (χ0) is 12.1. The lowest BCUT2D eigenvalue weighted by Gasteiger charge is -2.01. The molecule has 0 saturated heterocycles. The van der Waals surface area contributed by atoms with Crippen molar-refractivity contribution in [3.05, 3.63) is 0 Å². The highest BCUT2D eigenvalue weighted by atomic mass is 32.2. The lowest BCUT2D eigenvalue weighted by Crippen LogP contribution is -1.96. The zero-order valence-electron chi connectivity index (χ0n) is 10.8. The first-order chi connectivity index (χ1) is 7.81. The van der Waals surface area contributed by atoms with Crippen molar-refractivity contribution in [1.82, 2.24) is 0 Å². The Bertz CT molecular complexity index is 149. The summed E-state index contributed by atoms with van der Waals surface area (Å²) in [7, 11) is 0.832. The third kappa shape index (κ3) is 12.3. The molecule has 0 saturated carbocycles. The smallest absolute Gasteiger partial charge is 0.188 e. The molecule has 0 bridgehead atoms. The number of hydrogen-bond acceptors (Lipinski definition) is 3. The Balaban J connectivity index is 3.12. The van der Waals surface area contributed by atoms with Crippen LogP contribution in [0.15, 0.2) is 0 Å². The zero-order valence-corrected chi connectivity index (χ0v) is 13.6. The third-order valence-corrected chi connectivity index (χ3v) is 3.92. The van der Waals surface area contributed by atoms with E-state index in [1.165, 1.54) is 37.4 Å². The van der Waals surface area contributed by atoms with Gasteiger partial charge in [0.25, 0.3) is 0 Å². The fourth-order valence-corrected chi connectivity index (χ4v) is 2.63. The summed E-state index contributed by atoms with van der Waals surface area (Å²) in [4.78, 5) is 11.4. The van der Waals surface area contributed by atoms with Crippen LogP contribution in [0, 0.1) is 0 Å². The highest BCUT2D eigenvalue weighted by molar-refractivity contribution is 8.13. The number of carbonyl (C=O) groups excluding carboxylic acids is 1. The van der Waals surface area contributed by atoms with E-state index in [1.54, 1.807) is 0 Å². The third-order valence-electron chi connectivity index (χ3n) is 2.49. The van der Waals surface area contributed by atoms with E-state index in [9.17, 15) is 4.79 Å². The second-order valence-electron chi connectivity index (χ2n) is 4.08. The van der Waals surface area contributed by atoms with Gasteiger partial charge in [0.15, 0.2) is 5.12 Å². The topological polar surface area (TPSA) is 26.3 Å². The summed E-state index contributed by atoms with van der Waals surface area (Å²) < 4.78 is 5.10. The van der Waals surface area contributed by atoms with Gasteiger partial charge >= 0.3 is 0 Å². The Hall–Kier alpha value is 0.197. The average molecular weight is 262 g/mol. The fourth-order valence-electron chi connectivity index (χ4n) is 1.48. The Labute approximate surface area is 107 Å². The Kier molecular flexibility index (Phi) is 13.4. The van der Waals surface area contributed by atoms with Crippen LogP contribution in [0.25, 0.3) is 0 Å². The molecule has 0 aromatic rings. The molecule has 0 aliphatic heterocycles. The molecule has 0 unspecified atom stereocenters. The largest absolute Gasteiger partial charge is 0.428 e. The van der Waals surface area contributed by atoms with Crippen LogP contribution in [0.4, 0.5) is 0 Å². The van der Waals surface area contributed by atoms with Gasteiger partial charge in [-0.1, -0.05) is 44.4 Å². The van der Waals surface area contributed by atoms with Crippen LogP contribution in [-0.2, 0) is 9.22 Å². The van der Waals surface area contributed by atoms with Crippen molar-refractivity contribution in [2.45, 2.75) is 58.3 Å². The summed E-state index contributed by atoms with van der Waals surface area (Å²) in [5.74, 6) is 0.971. The van der Waals surface area contributed by atoms with E-state index in [-0.39, 0.29) is 0 Å². The monoisotopic (exact) mass is 262 g/mol. The summed E-state index contributed by atoms with van der Waals surface area (Å²) in [5, 5.41) is 0.378. The molecule has 0 N–H and O–H groups in total. The van der Waals surface area contributed by atoms with E-state index >= 15 is 0 Å². The van der Waals surface area contributed by atoms with Gasteiger partial charge in [-0.3, -0.25) is 4.79 Å². The maximum absolute atomic E-state index is 11.4. The summed E-state index contributed by atoms with van der Waals surface area (Å²) in [6, 6.07) is 0. The number of carbonyl (C=O) groups is 1. The highest BCUT2D eigenvalue weighted by Gasteiger charge is 2.01. The molecule has 4 heteroatoms. The summed E-state index contributed by atoms with van der Waals surface area (Å²) in [6.07, 6.45) is 9.13. The Morgan fingerprint density at radius 3 is 2.56 bits per heavy atom. The van der Waals surface area contributed by atoms with E-state index in [0.29, 0.717) is 5.12 Å². The maximum atomic E-state index is 11.4. The number of thioether (sulfide) groups is 1. The normalized spacial score (nSPS) is 10.8. The highest BCUT2D eigenvalue weighted by Crippen LogP contribution is 2.13. The maximum Gasteiger partial charge on any atom is 0.188 e. The van der Waals surface area contributed by atoms with Crippen molar-refractivity contribution >= 4 is 27.4 Å². The second-order valence-corrected chi connectivity index (χ2v) is 5.81. The lowest BCUT2D eigenvalue weighted by atomic mass is 10.1. The minimum Gasteiger partial charge on any atom is -0.428 e. The van der Waals surface area contributed by atoms with Crippen molar-refractivity contribution < 1.29 is 9.22 Å². The van der Waals surface area contributed by atoms with Gasteiger partial charge in [0, 0.05) is 18.8 Å². The minimum atomic E-state index is 0.378. The van der Waals surface area contributed by atoms with Gasteiger partial charge in [-0.15, -0.1) is 0 Å². The van der Waals surface area contributed by atoms with Crippen LogP contribution in [0.5, 0.6) is 0 Å². The summed E-state index contributed by atoms with van der Waals surface area (Å²) in [5.41, 5.74) is 0. The van der Waals surface area contributed by atoms with Crippen LogP contribution in [0.1, 0.15) is 58.3 Å². The predicted octanol–water partition coefficient (Wildman–Crippen LogP) is 2.68. The van der Waals surface area contributed by atoms with Crippen LogP contribution < -0.4 is 0 Å². The van der Waals surface area contributed by atoms with Gasteiger partial charge in [0.05, 0.1) is 0 Å². The minimum absolute atomic E-state index is 0.378. The van der Waals surface area contributed by atoms with Gasteiger partial charge in [-0.05, 0) is 19.3 Å². The van der Waals surface area contributed by atoms with Crippen LogP contribution in [0.3, 0.4) is 0 Å². The van der Waals surface area contributed by atoms with Crippen LogP contribution in [-0.4, -0.2) is 28.0 Å². The number of rotatable bonds is 11. The summed E-state index contributed by atoms with van der Waals surface area (Å²) >= 11 is 1.51. The molecule has 0 aliphatic carbocycles. The van der Waals surface area contributed by atoms with E-state index in [0.717, 1.165) is 48.5 Å². The predicted molar refractivity (Wildman–Crippen MR) is 76.0 cm³/mol. The van der Waals surface area contributed by atoms with Crippen molar-refractivity contribution in [2.24, 2.45) is 0 Å². The summed E-state index contributed by atoms with van der Waals surface area (Å²) in [6.45, 7) is 3.08. The Morgan fingerprint density at radius 2 is 1.88 bits per heavy atom. The van der Waals surface area contributed by atoms with E-state index < -0.39 is 0 Å². The van der Waals surface area contributed by atoms with Gasteiger partial charge in [0.1, 0.15) is 10.5 Å². The van der Waals surface area contributed by atoms with Crippen molar-refractivity contribution in [3.63, 3.8) is 0 Å².